The summed E-state index contributed by atoms with van der Waals surface area (Å²) >= 11 is 5.68. The van der Waals surface area contributed by atoms with Crippen LogP contribution in [0.2, 0.25) is 5.02 Å². The molecule has 0 bridgehead atoms. The largest absolute Gasteiger partial charge is 0.481 e. The summed E-state index contributed by atoms with van der Waals surface area (Å²) in [5.41, 5.74) is 0.624. The minimum Gasteiger partial charge on any atom is -0.481 e. The quantitative estimate of drug-likeness (QED) is 0.732. The third-order valence-corrected chi connectivity index (χ3v) is 1.63. The maximum atomic E-state index is 8.77. The summed E-state index contributed by atoms with van der Waals surface area (Å²) in [5.74, 6) is 0.457. The molecule has 1 N–H and O–H groups in total. The van der Waals surface area contributed by atoms with Gasteiger partial charge in [0.2, 0.25) is 5.88 Å². The van der Waals surface area contributed by atoms with Crippen molar-refractivity contribution in [2.45, 2.75) is 6.61 Å². The van der Waals surface area contributed by atoms with E-state index < -0.39 is 0 Å². The van der Waals surface area contributed by atoms with Crippen molar-refractivity contribution in [1.82, 2.24) is 4.98 Å². The molecule has 60 valence electrons. The van der Waals surface area contributed by atoms with E-state index in [2.05, 4.69) is 4.98 Å². The van der Waals surface area contributed by atoms with Crippen LogP contribution in [-0.2, 0) is 6.61 Å². The number of rotatable bonds is 2. The van der Waals surface area contributed by atoms with Crippen molar-refractivity contribution in [3.8, 4) is 5.88 Å². The predicted octanol–water partition coefficient (Wildman–Crippen LogP) is 1.24. The molecule has 0 fully saturated rings. The van der Waals surface area contributed by atoms with Crippen LogP contribution >= 0.6 is 11.6 Å². The first-order valence-corrected chi connectivity index (χ1v) is 3.45. The van der Waals surface area contributed by atoms with Gasteiger partial charge >= 0.3 is 0 Å². The van der Waals surface area contributed by atoms with E-state index >= 15 is 0 Å². The molecule has 3 nitrogen and oxygen atoms in total. The highest BCUT2D eigenvalue weighted by Crippen LogP contribution is 2.18. The number of ether oxygens (including phenoxy) is 1. The molecule has 0 spiro atoms. The van der Waals surface area contributed by atoms with Gasteiger partial charge in [0.25, 0.3) is 0 Å². The number of pyridine rings is 1. The fraction of sp³-hybridized carbons (Fsp3) is 0.286. The van der Waals surface area contributed by atoms with Crippen LogP contribution in [0.1, 0.15) is 5.56 Å². The van der Waals surface area contributed by atoms with E-state index in [-0.39, 0.29) is 6.61 Å². The number of aliphatic hydroxyl groups is 1. The van der Waals surface area contributed by atoms with Crippen LogP contribution in [0.25, 0.3) is 0 Å². The maximum absolute atomic E-state index is 8.77. The lowest BCUT2D eigenvalue weighted by atomic mass is 10.3. The highest BCUT2D eigenvalue weighted by molar-refractivity contribution is 6.31. The minimum atomic E-state index is -0.0995. The highest BCUT2D eigenvalue weighted by atomic mass is 35.5. The number of methoxy groups -OCH3 is 1. The Morgan fingerprint density at radius 3 is 3.00 bits per heavy atom. The van der Waals surface area contributed by atoms with Crippen LogP contribution in [0, 0.1) is 0 Å². The van der Waals surface area contributed by atoms with Gasteiger partial charge in [-0.25, -0.2) is 4.98 Å². The summed E-state index contributed by atoms with van der Waals surface area (Å²) in [4.78, 5) is 3.84. The summed E-state index contributed by atoms with van der Waals surface area (Å²) < 4.78 is 4.83. The molecule has 0 unspecified atom stereocenters. The normalized spacial score (nSPS) is 9.73. The van der Waals surface area contributed by atoms with Crippen molar-refractivity contribution in [1.29, 1.82) is 0 Å². The van der Waals surface area contributed by atoms with Crippen LogP contribution in [0.4, 0.5) is 0 Å². The third-order valence-electron chi connectivity index (χ3n) is 1.29. The van der Waals surface area contributed by atoms with Gasteiger partial charge < -0.3 is 9.84 Å². The van der Waals surface area contributed by atoms with Gasteiger partial charge in [-0.2, -0.15) is 0 Å². The van der Waals surface area contributed by atoms with E-state index in [4.69, 9.17) is 21.4 Å². The summed E-state index contributed by atoms with van der Waals surface area (Å²) in [6, 6.07) is 1.60. The Morgan fingerprint density at radius 1 is 1.73 bits per heavy atom. The van der Waals surface area contributed by atoms with E-state index in [0.29, 0.717) is 16.5 Å². The van der Waals surface area contributed by atoms with Crippen molar-refractivity contribution in [2.24, 2.45) is 0 Å². The molecule has 0 saturated heterocycles. The Bertz CT molecular complexity index is 252. The topological polar surface area (TPSA) is 42.4 Å². The number of halogens is 1. The molecule has 1 rings (SSSR count). The Kier molecular flexibility index (Phi) is 2.68. The molecule has 0 atom stereocenters. The van der Waals surface area contributed by atoms with Crippen molar-refractivity contribution in [3.63, 3.8) is 0 Å². The van der Waals surface area contributed by atoms with E-state index in [9.17, 15) is 0 Å². The SMILES string of the molecule is COc1cc(CO)c(Cl)cn1. The summed E-state index contributed by atoms with van der Waals surface area (Å²) in [6.07, 6.45) is 1.45. The first-order valence-electron chi connectivity index (χ1n) is 3.07. The van der Waals surface area contributed by atoms with E-state index in [1.165, 1.54) is 13.3 Å². The molecule has 0 radical (unpaired) electrons. The first-order chi connectivity index (χ1) is 5.27. The summed E-state index contributed by atoms with van der Waals surface area (Å²) in [5, 5.41) is 9.22. The fourth-order valence-electron chi connectivity index (χ4n) is 0.691. The van der Waals surface area contributed by atoms with Crippen molar-refractivity contribution in [2.75, 3.05) is 7.11 Å². The molecule has 0 aliphatic rings. The van der Waals surface area contributed by atoms with E-state index in [0.717, 1.165) is 0 Å². The van der Waals surface area contributed by atoms with Gasteiger partial charge in [-0.3, -0.25) is 0 Å². The zero-order valence-corrected chi connectivity index (χ0v) is 6.80. The Balaban J connectivity index is 3.02. The highest BCUT2D eigenvalue weighted by Gasteiger charge is 2.00. The average Bonchev–Trinajstić information content (AvgIpc) is 2.05. The molecule has 1 aromatic heterocycles. The van der Waals surface area contributed by atoms with Gasteiger partial charge in [-0.15, -0.1) is 0 Å². The molecular weight excluding hydrogens is 166 g/mol. The summed E-state index contributed by atoms with van der Waals surface area (Å²) in [6.45, 7) is -0.0995. The fourth-order valence-corrected chi connectivity index (χ4v) is 0.854. The smallest absolute Gasteiger partial charge is 0.213 e. The molecule has 0 aliphatic carbocycles. The van der Waals surface area contributed by atoms with Gasteiger partial charge in [-0.1, -0.05) is 11.6 Å². The lowest BCUT2D eigenvalue weighted by Crippen LogP contribution is -1.91. The van der Waals surface area contributed by atoms with Crippen molar-refractivity contribution in [3.05, 3.63) is 22.8 Å². The molecule has 11 heavy (non-hydrogen) atoms. The second-order valence-corrected chi connectivity index (χ2v) is 2.38. The molecule has 0 saturated carbocycles. The second-order valence-electron chi connectivity index (χ2n) is 1.98. The number of nitrogens with zero attached hydrogens (tertiary/aromatic N) is 1. The third kappa shape index (κ3) is 1.82. The van der Waals surface area contributed by atoms with Crippen molar-refractivity contribution >= 4 is 11.6 Å². The minimum absolute atomic E-state index is 0.0995. The lowest BCUT2D eigenvalue weighted by Gasteiger charge is -2.01. The van der Waals surface area contributed by atoms with Crippen LogP contribution < -0.4 is 4.74 Å². The number of aliphatic hydroxyl groups excluding tert-OH is 1. The average molecular weight is 174 g/mol. The van der Waals surface area contributed by atoms with Crippen molar-refractivity contribution < 1.29 is 9.84 Å². The molecule has 0 aliphatic heterocycles. The van der Waals surface area contributed by atoms with Gasteiger partial charge in [0.05, 0.1) is 18.7 Å². The number of aromatic nitrogens is 1. The first kappa shape index (κ1) is 8.30. The van der Waals surface area contributed by atoms with E-state index in [1.807, 2.05) is 0 Å². The zero-order chi connectivity index (χ0) is 8.27. The molecule has 0 amide bonds. The monoisotopic (exact) mass is 173 g/mol. The molecule has 0 aromatic carbocycles. The Hall–Kier alpha value is -0.800. The van der Waals surface area contributed by atoms with Crippen LogP contribution in [0.15, 0.2) is 12.3 Å². The van der Waals surface area contributed by atoms with Crippen LogP contribution in [-0.4, -0.2) is 17.2 Å². The van der Waals surface area contributed by atoms with Crippen LogP contribution in [0.3, 0.4) is 0 Å². The van der Waals surface area contributed by atoms with Gasteiger partial charge in [0.15, 0.2) is 0 Å². The molecule has 1 aromatic rings. The number of hydrogen-bond acceptors (Lipinski definition) is 3. The van der Waals surface area contributed by atoms with E-state index in [1.54, 1.807) is 6.07 Å². The van der Waals surface area contributed by atoms with Crippen LogP contribution in [0.5, 0.6) is 5.88 Å². The molecular formula is C7H8ClNO2. The Labute approximate surface area is 69.6 Å². The van der Waals surface area contributed by atoms with Gasteiger partial charge in [0.1, 0.15) is 0 Å². The Morgan fingerprint density at radius 2 is 2.45 bits per heavy atom. The van der Waals surface area contributed by atoms with Gasteiger partial charge in [0, 0.05) is 17.8 Å². The zero-order valence-electron chi connectivity index (χ0n) is 6.04. The second kappa shape index (κ2) is 3.55. The van der Waals surface area contributed by atoms with Gasteiger partial charge in [-0.05, 0) is 0 Å². The number of hydrogen-bond donors (Lipinski definition) is 1. The maximum Gasteiger partial charge on any atom is 0.213 e. The standard InChI is InChI=1S/C7H8ClNO2/c1-11-7-2-5(4-10)6(8)3-9-7/h2-3,10H,4H2,1H3. The molecule has 4 heteroatoms. The summed E-state index contributed by atoms with van der Waals surface area (Å²) in [7, 11) is 1.51. The molecule has 1 heterocycles. The predicted molar refractivity (Wildman–Crippen MR) is 41.7 cm³/mol. The lowest BCUT2D eigenvalue weighted by molar-refractivity contribution is 0.280.